The van der Waals surface area contributed by atoms with Crippen molar-refractivity contribution < 1.29 is 14.6 Å². The maximum absolute atomic E-state index is 11.9. The fourth-order valence-corrected chi connectivity index (χ4v) is 2.16. The monoisotopic (exact) mass is 264 g/mol. The summed E-state index contributed by atoms with van der Waals surface area (Å²) in [7, 11) is 1.68. The van der Waals surface area contributed by atoms with Gasteiger partial charge in [0.05, 0.1) is 12.1 Å². The highest BCUT2D eigenvalue weighted by molar-refractivity contribution is 5.82. The van der Waals surface area contributed by atoms with E-state index in [2.05, 4.69) is 5.32 Å². The molecule has 1 aliphatic rings. The zero-order chi connectivity index (χ0) is 13.8. The molecule has 0 spiro atoms. The number of phenolic OH excluding ortho intramolecular Hbond substituents is 1. The molecule has 0 aromatic heterocycles. The first-order valence-electron chi connectivity index (χ1n) is 6.45. The van der Waals surface area contributed by atoms with E-state index in [0.29, 0.717) is 6.42 Å². The number of rotatable bonds is 5. The van der Waals surface area contributed by atoms with Crippen molar-refractivity contribution in [1.29, 1.82) is 0 Å². The van der Waals surface area contributed by atoms with Gasteiger partial charge in [-0.25, -0.2) is 0 Å². The van der Waals surface area contributed by atoms with Gasteiger partial charge in [-0.3, -0.25) is 4.79 Å². The number of benzene rings is 1. The van der Waals surface area contributed by atoms with E-state index in [-0.39, 0.29) is 23.8 Å². The van der Waals surface area contributed by atoms with E-state index in [9.17, 15) is 9.90 Å². The van der Waals surface area contributed by atoms with Crippen molar-refractivity contribution in [2.24, 2.45) is 5.73 Å². The minimum absolute atomic E-state index is 0.132. The van der Waals surface area contributed by atoms with E-state index in [1.54, 1.807) is 31.4 Å². The number of carbonyl (C=O) groups is 1. The molecule has 4 N–H and O–H groups in total. The summed E-state index contributed by atoms with van der Waals surface area (Å²) in [5.74, 6) is 0.0782. The van der Waals surface area contributed by atoms with Crippen LogP contribution in [0.4, 0.5) is 0 Å². The number of amides is 1. The summed E-state index contributed by atoms with van der Waals surface area (Å²) in [5.41, 5.74) is 6.81. The molecule has 1 amide bonds. The SMILES string of the molecule is COC1CC(NC(=O)[C@H](N)Cc2ccc(O)cc2)C1. The predicted octanol–water partition coefficient (Wildman–Crippen LogP) is 0.556. The Balaban J connectivity index is 1.78. The maximum atomic E-state index is 11.9. The van der Waals surface area contributed by atoms with Crippen LogP contribution in [0.15, 0.2) is 24.3 Å². The van der Waals surface area contributed by atoms with Crippen LogP contribution in [-0.4, -0.2) is 36.3 Å². The van der Waals surface area contributed by atoms with Crippen molar-refractivity contribution in [3.05, 3.63) is 29.8 Å². The molecule has 0 unspecified atom stereocenters. The van der Waals surface area contributed by atoms with Crippen LogP contribution in [0.1, 0.15) is 18.4 Å². The van der Waals surface area contributed by atoms with Crippen LogP contribution < -0.4 is 11.1 Å². The lowest BCUT2D eigenvalue weighted by Crippen LogP contribution is -2.52. The minimum Gasteiger partial charge on any atom is -0.508 e. The minimum atomic E-state index is -0.564. The Hall–Kier alpha value is -1.59. The number of phenols is 1. The lowest BCUT2D eigenvalue weighted by molar-refractivity contribution is -0.124. The van der Waals surface area contributed by atoms with Gasteiger partial charge in [0.1, 0.15) is 5.75 Å². The molecular weight excluding hydrogens is 244 g/mol. The molecule has 0 bridgehead atoms. The second kappa shape index (κ2) is 6.04. The summed E-state index contributed by atoms with van der Waals surface area (Å²) >= 11 is 0. The number of methoxy groups -OCH3 is 1. The second-order valence-electron chi connectivity index (χ2n) is 5.01. The first kappa shape index (κ1) is 13.8. The molecule has 1 fully saturated rings. The Labute approximate surface area is 112 Å². The number of hydrogen-bond donors (Lipinski definition) is 3. The fourth-order valence-electron chi connectivity index (χ4n) is 2.16. The van der Waals surface area contributed by atoms with E-state index < -0.39 is 6.04 Å². The molecule has 1 atom stereocenters. The molecule has 0 radical (unpaired) electrons. The molecule has 1 saturated carbocycles. The number of hydrogen-bond acceptors (Lipinski definition) is 4. The predicted molar refractivity (Wildman–Crippen MR) is 71.7 cm³/mol. The van der Waals surface area contributed by atoms with E-state index in [1.807, 2.05) is 0 Å². The largest absolute Gasteiger partial charge is 0.508 e. The Morgan fingerprint density at radius 1 is 1.47 bits per heavy atom. The molecule has 0 heterocycles. The van der Waals surface area contributed by atoms with Crippen LogP contribution in [0.2, 0.25) is 0 Å². The Kier molecular flexibility index (Phi) is 4.39. The van der Waals surface area contributed by atoms with Gasteiger partial charge in [-0.15, -0.1) is 0 Å². The summed E-state index contributed by atoms with van der Waals surface area (Å²) in [6.07, 6.45) is 2.44. The van der Waals surface area contributed by atoms with Gasteiger partial charge in [0, 0.05) is 13.2 Å². The molecule has 5 nitrogen and oxygen atoms in total. The quantitative estimate of drug-likeness (QED) is 0.725. The van der Waals surface area contributed by atoms with Crippen molar-refractivity contribution in [3.8, 4) is 5.75 Å². The van der Waals surface area contributed by atoms with Gasteiger partial charge in [0.25, 0.3) is 0 Å². The Morgan fingerprint density at radius 2 is 2.11 bits per heavy atom. The topological polar surface area (TPSA) is 84.6 Å². The number of aromatic hydroxyl groups is 1. The third kappa shape index (κ3) is 3.68. The summed E-state index contributed by atoms with van der Waals surface area (Å²) in [5, 5.41) is 12.1. The molecule has 1 aromatic rings. The summed E-state index contributed by atoms with van der Waals surface area (Å²) < 4.78 is 5.16. The first-order chi connectivity index (χ1) is 9.08. The van der Waals surface area contributed by atoms with Crippen LogP contribution in [0.5, 0.6) is 5.75 Å². The van der Waals surface area contributed by atoms with Gasteiger partial charge in [-0.1, -0.05) is 12.1 Å². The van der Waals surface area contributed by atoms with Gasteiger partial charge in [-0.2, -0.15) is 0 Å². The van der Waals surface area contributed by atoms with E-state index in [1.165, 1.54) is 0 Å². The van der Waals surface area contributed by atoms with E-state index in [4.69, 9.17) is 10.5 Å². The van der Waals surface area contributed by atoms with Gasteiger partial charge in [0.2, 0.25) is 5.91 Å². The third-order valence-corrected chi connectivity index (χ3v) is 3.50. The first-order valence-corrected chi connectivity index (χ1v) is 6.45. The highest BCUT2D eigenvalue weighted by Gasteiger charge is 2.31. The molecule has 104 valence electrons. The standard InChI is InChI=1S/C14H20N2O3/c1-19-12-7-10(8-12)16-14(18)13(15)6-9-2-4-11(17)5-3-9/h2-5,10,12-13,17H,6-8,15H2,1H3,(H,16,18)/t10?,12?,13-/m1/s1. The van der Waals surface area contributed by atoms with Crippen molar-refractivity contribution in [1.82, 2.24) is 5.32 Å². The lowest BCUT2D eigenvalue weighted by Gasteiger charge is -2.35. The fraction of sp³-hybridized carbons (Fsp3) is 0.500. The molecule has 2 rings (SSSR count). The number of ether oxygens (including phenoxy) is 1. The van der Waals surface area contributed by atoms with Gasteiger partial charge < -0.3 is 20.9 Å². The molecule has 5 heteroatoms. The van der Waals surface area contributed by atoms with Crippen molar-refractivity contribution in [2.45, 2.75) is 37.5 Å². The number of nitrogens with two attached hydrogens (primary N) is 1. The summed E-state index contributed by atoms with van der Waals surface area (Å²) in [6.45, 7) is 0. The van der Waals surface area contributed by atoms with Crippen LogP contribution in [-0.2, 0) is 16.0 Å². The highest BCUT2D eigenvalue weighted by Crippen LogP contribution is 2.22. The average Bonchev–Trinajstić information content (AvgIpc) is 2.35. The third-order valence-electron chi connectivity index (χ3n) is 3.50. The van der Waals surface area contributed by atoms with Crippen LogP contribution in [0.25, 0.3) is 0 Å². The van der Waals surface area contributed by atoms with Crippen LogP contribution in [0.3, 0.4) is 0 Å². The van der Waals surface area contributed by atoms with Crippen molar-refractivity contribution in [2.75, 3.05) is 7.11 Å². The average molecular weight is 264 g/mol. The molecule has 19 heavy (non-hydrogen) atoms. The number of nitrogens with one attached hydrogen (secondary N) is 1. The van der Waals surface area contributed by atoms with Gasteiger partial charge in [-0.05, 0) is 37.0 Å². The second-order valence-corrected chi connectivity index (χ2v) is 5.01. The molecule has 1 aliphatic carbocycles. The zero-order valence-corrected chi connectivity index (χ0v) is 11.0. The molecular formula is C14H20N2O3. The van der Waals surface area contributed by atoms with Gasteiger partial charge in [0.15, 0.2) is 0 Å². The summed E-state index contributed by atoms with van der Waals surface area (Å²) in [4.78, 5) is 11.9. The zero-order valence-electron chi connectivity index (χ0n) is 11.0. The van der Waals surface area contributed by atoms with Gasteiger partial charge >= 0.3 is 0 Å². The van der Waals surface area contributed by atoms with Crippen molar-refractivity contribution >= 4 is 5.91 Å². The van der Waals surface area contributed by atoms with Crippen LogP contribution >= 0.6 is 0 Å². The highest BCUT2D eigenvalue weighted by atomic mass is 16.5. The van der Waals surface area contributed by atoms with Crippen molar-refractivity contribution in [3.63, 3.8) is 0 Å². The smallest absolute Gasteiger partial charge is 0.237 e. The number of carbonyl (C=O) groups excluding carboxylic acids is 1. The van der Waals surface area contributed by atoms with E-state index >= 15 is 0 Å². The normalized spacial score (nSPS) is 23.5. The molecule has 0 saturated heterocycles. The Bertz CT molecular complexity index is 427. The van der Waals surface area contributed by atoms with Crippen LogP contribution in [0, 0.1) is 0 Å². The van der Waals surface area contributed by atoms with E-state index in [0.717, 1.165) is 18.4 Å². The molecule has 1 aromatic carbocycles. The summed E-state index contributed by atoms with van der Waals surface area (Å²) in [6, 6.07) is 6.35. The lowest BCUT2D eigenvalue weighted by atomic mass is 9.89. The maximum Gasteiger partial charge on any atom is 0.237 e. The Morgan fingerprint density at radius 3 is 2.68 bits per heavy atom. The molecule has 0 aliphatic heterocycles.